The van der Waals surface area contributed by atoms with Crippen molar-refractivity contribution in [2.75, 3.05) is 7.05 Å². The largest absolute Gasteiger partial charge is 0.340 e. The molecule has 0 aliphatic carbocycles. The third-order valence-electron chi connectivity index (χ3n) is 4.93. The molecule has 4 rings (SSSR count). The van der Waals surface area contributed by atoms with E-state index < -0.39 is 0 Å². The summed E-state index contributed by atoms with van der Waals surface area (Å²) in [5, 5.41) is 4.45. The quantitative estimate of drug-likeness (QED) is 0.527. The van der Waals surface area contributed by atoms with E-state index >= 15 is 0 Å². The van der Waals surface area contributed by atoms with Gasteiger partial charge in [-0.15, -0.1) is 0 Å². The SMILES string of the molecule is CN(Cc1ccc(-c2ccccc2)cc1)C(=O)Cn1cnc2c(cnn2C)c1=O. The van der Waals surface area contributed by atoms with Crippen LogP contribution in [0.25, 0.3) is 22.2 Å². The summed E-state index contributed by atoms with van der Waals surface area (Å²) in [6.45, 7) is 0.403. The van der Waals surface area contributed by atoms with Crippen LogP contribution in [0.5, 0.6) is 0 Å². The molecule has 4 aromatic rings. The van der Waals surface area contributed by atoms with Crippen molar-refractivity contribution in [1.82, 2.24) is 24.2 Å². The number of aromatic nitrogens is 4. The van der Waals surface area contributed by atoms with Crippen molar-refractivity contribution in [3.63, 3.8) is 0 Å². The summed E-state index contributed by atoms with van der Waals surface area (Å²) >= 11 is 0. The highest BCUT2D eigenvalue weighted by molar-refractivity contribution is 5.77. The normalized spacial score (nSPS) is 11.0. The topological polar surface area (TPSA) is 73.0 Å². The van der Waals surface area contributed by atoms with Gasteiger partial charge in [-0.05, 0) is 16.7 Å². The number of amides is 1. The van der Waals surface area contributed by atoms with Gasteiger partial charge in [0, 0.05) is 20.6 Å². The van der Waals surface area contributed by atoms with Gasteiger partial charge in [-0.1, -0.05) is 54.6 Å². The predicted octanol–water partition coefficient (Wildman–Crippen LogP) is 2.46. The molecule has 0 spiro atoms. The number of fused-ring (bicyclic) bond motifs is 1. The van der Waals surface area contributed by atoms with E-state index in [4.69, 9.17) is 0 Å². The molecule has 0 unspecified atom stereocenters. The third kappa shape index (κ3) is 3.80. The maximum Gasteiger partial charge on any atom is 0.264 e. The van der Waals surface area contributed by atoms with Crippen molar-refractivity contribution in [3.8, 4) is 11.1 Å². The zero-order valence-electron chi connectivity index (χ0n) is 16.3. The van der Waals surface area contributed by atoms with E-state index in [9.17, 15) is 9.59 Å². The number of carbonyl (C=O) groups is 1. The van der Waals surface area contributed by atoms with Gasteiger partial charge in [-0.25, -0.2) is 4.98 Å². The zero-order chi connectivity index (χ0) is 20.4. The molecule has 0 atom stereocenters. The van der Waals surface area contributed by atoms with Crippen molar-refractivity contribution in [2.45, 2.75) is 13.1 Å². The van der Waals surface area contributed by atoms with E-state index in [0.29, 0.717) is 17.6 Å². The highest BCUT2D eigenvalue weighted by atomic mass is 16.2. The van der Waals surface area contributed by atoms with E-state index in [2.05, 4.69) is 22.2 Å². The van der Waals surface area contributed by atoms with Gasteiger partial charge < -0.3 is 4.90 Å². The number of hydrogen-bond donors (Lipinski definition) is 0. The Kier molecular flexibility index (Phi) is 4.95. The van der Waals surface area contributed by atoms with E-state index in [1.54, 1.807) is 19.0 Å². The summed E-state index contributed by atoms with van der Waals surface area (Å²) in [6, 6.07) is 18.3. The van der Waals surface area contributed by atoms with Crippen LogP contribution >= 0.6 is 0 Å². The number of nitrogens with zero attached hydrogens (tertiary/aromatic N) is 5. The molecule has 0 saturated heterocycles. The maximum absolute atomic E-state index is 12.6. The van der Waals surface area contributed by atoms with Gasteiger partial charge in [0.1, 0.15) is 18.3 Å². The molecule has 0 fully saturated rings. The Bertz CT molecular complexity index is 1210. The number of rotatable bonds is 5. The average Bonchev–Trinajstić information content (AvgIpc) is 3.12. The molecule has 0 saturated carbocycles. The molecule has 7 nitrogen and oxygen atoms in total. The second-order valence-electron chi connectivity index (χ2n) is 7.00. The van der Waals surface area contributed by atoms with Crippen LogP contribution in [-0.4, -0.2) is 37.2 Å². The number of aryl methyl sites for hydroxylation is 1. The van der Waals surface area contributed by atoms with Crippen molar-refractivity contribution >= 4 is 16.9 Å². The van der Waals surface area contributed by atoms with Gasteiger partial charge >= 0.3 is 0 Å². The Morgan fingerprint density at radius 3 is 2.45 bits per heavy atom. The molecule has 2 aromatic carbocycles. The second-order valence-corrected chi connectivity index (χ2v) is 7.00. The van der Waals surface area contributed by atoms with Crippen LogP contribution in [0.4, 0.5) is 0 Å². The molecule has 0 aliphatic heterocycles. The Morgan fingerprint density at radius 2 is 1.72 bits per heavy atom. The minimum absolute atomic E-state index is 0.0603. The molecular formula is C22H21N5O2. The fourth-order valence-electron chi connectivity index (χ4n) is 3.24. The molecule has 2 aromatic heterocycles. The van der Waals surface area contributed by atoms with Gasteiger partial charge in [-0.2, -0.15) is 5.10 Å². The molecule has 7 heteroatoms. The summed E-state index contributed by atoms with van der Waals surface area (Å²) in [6.07, 6.45) is 2.87. The van der Waals surface area contributed by atoms with Crippen LogP contribution in [0.2, 0.25) is 0 Å². The fraction of sp³-hybridized carbons (Fsp3) is 0.182. The molecule has 0 bridgehead atoms. The number of benzene rings is 2. The molecule has 0 radical (unpaired) electrons. The molecule has 1 amide bonds. The average molecular weight is 387 g/mol. The van der Waals surface area contributed by atoms with Crippen LogP contribution in [0.1, 0.15) is 5.56 Å². The van der Waals surface area contributed by atoms with Crippen molar-refractivity contribution < 1.29 is 4.79 Å². The van der Waals surface area contributed by atoms with Crippen molar-refractivity contribution in [3.05, 3.63) is 83.0 Å². The molecule has 2 heterocycles. The lowest BCUT2D eigenvalue weighted by molar-refractivity contribution is -0.131. The van der Waals surface area contributed by atoms with E-state index in [1.165, 1.54) is 21.8 Å². The minimum atomic E-state index is -0.267. The maximum atomic E-state index is 12.6. The molecule has 0 N–H and O–H groups in total. The van der Waals surface area contributed by atoms with E-state index in [0.717, 1.165) is 16.7 Å². The van der Waals surface area contributed by atoms with Gasteiger partial charge in [-0.3, -0.25) is 18.8 Å². The van der Waals surface area contributed by atoms with Crippen molar-refractivity contribution in [2.24, 2.45) is 7.05 Å². The summed E-state index contributed by atoms with van der Waals surface area (Å²) in [4.78, 5) is 31.0. The summed E-state index contributed by atoms with van der Waals surface area (Å²) in [5.41, 5.74) is 3.54. The first-order valence-corrected chi connectivity index (χ1v) is 9.28. The van der Waals surface area contributed by atoms with Gasteiger partial charge in [0.25, 0.3) is 5.56 Å². The van der Waals surface area contributed by atoms with Crippen LogP contribution in [-0.2, 0) is 24.9 Å². The first-order valence-electron chi connectivity index (χ1n) is 9.28. The number of hydrogen-bond acceptors (Lipinski definition) is 4. The summed E-state index contributed by atoms with van der Waals surface area (Å²) in [5.74, 6) is -0.163. The standard InChI is InChI=1S/C22H21N5O2/c1-25(13-16-8-10-18(11-9-16)17-6-4-3-5-7-17)20(28)14-27-15-23-21-19(22(27)29)12-24-26(21)2/h3-12,15H,13-14H2,1-2H3. The molecule has 0 aliphatic rings. The lowest BCUT2D eigenvalue weighted by atomic mass is 10.0. The van der Waals surface area contributed by atoms with Crippen molar-refractivity contribution in [1.29, 1.82) is 0 Å². The smallest absolute Gasteiger partial charge is 0.264 e. The highest BCUT2D eigenvalue weighted by Gasteiger charge is 2.14. The predicted molar refractivity (Wildman–Crippen MR) is 111 cm³/mol. The molecule has 146 valence electrons. The number of likely N-dealkylation sites (N-methyl/N-ethyl adjacent to an activating group) is 1. The highest BCUT2D eigenvalue weighted by Crippen LogP contribution is 2.19. The second kappa shape index (κ2) is 7.71. The van der Waals surface area contributed by atoms with Crippen LogP contribution in [0, 0.1) is 0 Å². The van der Waals surface area contributed by atoms with Gasteiger partial charge in [0.15, 0.2) is 5.65 Å². The van der Waals surface area contributed by atoms with Crippen LogP contribution in [0.3, 0.4) is 0 Å². The zero-order valence-corrected chi connectivity index (χ0v) is 16.3. The Morgan fingerprint density at radius 1 is 1.03 bits per heavy atom. The number of carbonyl (C=O) groups excluding carboxylic acids is 1. The van der Waals surface area contributed by atoms with Gasteiger partial charge in [0.05, 0.1) is 6.20 Å². The molecular weight excluding hydrogens is 366 g/mol. The van der Waals surface area contributed by atoms with E-state index in [1.807, 2.05) is 42.5 Å². The lowest BCUT2D eigenvalue weighted by Crippen LogP contribution is -2.33. The Hall–Kier alpha value is -3.74. The minimum Gasteiger partial charge on any atom is -0.340 e. The molecule has 29 heavy (non-hydrogen) atoms. The Balaban J connectivity index is 1.45. The Labute approximate surface area is 167 Å². The summed E-state index contributed by atoms with van der Waals surface area (Å²) in [7, 11) is 3.45. The lowest BCUT2D eigenvalue weighted by Gasteiger charge is -2.18. The van der Waals surface area contributed by atoms with Gasteiger partial charge in [0.2, 0.25) is 5.91 Å². The third-order valence-corrected chi connectivity index (χ3v) is 4.93. The first-order chi connectivity index (χ1) is 14.0. The summed E-state index contributed by atoms with van der Waals surface area (Å²) < 4.78 is 2.86. The van der Waals surface area contributed by atoms with Crippen LogP contribution in [0.15, 0.2) is 71.9 Å². The fourth-order valence-corrected chi connectivity index (χ4v) is 3.24. The van der Waals surface area contributed by atoms with Crippen LogP contribution < -0.4 is 5.56 Å². The first kappa shape index (κ1) is 18.6. The van der Waals surface area contributed by atoms with E-state index in [-0.39, 0.29) is 18.0 Å². The monoisotopic (exact) mass is 387 g/mol.